The molecule has 0 atom stereocenters. The van der Waals surface area contributed by atoms with Gasteiger partial charge < -0.3 is 20.1 Å². The van der Waals surface area contributed by atoms with Crippen LogP contribution in [0.2, 0.25) is 5.02 Å². The predicted octanol–water partition coefficient (Wildman–Crippen LogP) is 3.85. The molecule has 0 aliphatic carbocycles. The first-order chi connectivity index (χ1) is 12.4. The Morgan fingerprint density at radius 1 is 1.12 bits per heavy atom. The molecule has 0 unspecified atom stereocenters. The van der Waals surface area contributed by atoms with Gasteiger partial charge in [-0.25, -0.2) is 4.39 Å². The lowest BCUT2D eigenvalue weighted by Gasteiger charge is -2.13. The molecule has 0 aromatic heterocycles. The number of rotatable bonds is 7. The molecule has 2 rings (SSSR count). The molecule has 0 fully saturated rings. The molecule has 0 spiro atoms. The Hall–Kier alpha value is -2.80. The van der Waals surface area contributed by atoms with Crippen LogP contribution in [-0.4, -0.2) is 25.5 Å². The lowest BCUT2D eigenvalue weighted by molar-refractivity contribution is -0.116. The van der Waals surface area contributed by atoms with E-state index in [1.807, 2.05) is 0 Å². The molecule has 0 heterocycles. The molecule has 0 aliphatic heterocycles. The van der Waals surface area contributed by atoms with Crippen LogP contribution in [0.4, 0.5) is 15.8 Å². The highest BCUT2D eigenvalue weighted by molar-refractivity contribution is 6.32. The third-order valence-electron chi connectivity index (χ3n) is 3.27. The number of methoxy groups -OCH3 is 1. The Kier molecular flexibility index (Phi) is 6.80. The Bertz CT molecular complexity index is 814. The Labute approximate surface area is 155 Å². The Balaban J connectivity index is 1.95. The summed E-state index contributed by atoms with van der Waals surface area (Å²) in [5.41, 5.74) is 0.950. The number of benzene rings is 2. The van der Waals surface area contributed by atoms with Crippen molar-refractivity contribution in [3.63, 3.8) is 0 Å². The number of halogens is 2. The summed E-state index contributed by atoms with van der Waals surface area (Å²) in [6, 6.07) is 8.64. The van der Waals surface area contributed by atoms with Crippen LogP contribution < -0.4 is 20.1 Å². The molecule has 2 aromatic carbocycles. The molecule has 138 valence electrons. The molecule has 2 amide bonds. The molecule has 0 saturated heterocycles. The fourth-order valence-electron chi connectivity index (χ4n) is 2.15. The molecule has 0 radical (unpaired) electrons. The third-order valence-corrected chi connectivity index (χ3v) is 3.57. The van der Waals surface area contributed by atoms with Crippen molar-refractivity contribution in [2.24, 2.45) is 0 Å². The quantitative estimate of drug-likeness (QED) is 0.764. The molecular formula is C18H18ClFN2O4. The zero-order valence-corrected chi connectivity index (χ0v) is 15.0. The summed E-state index contributed by atoms with van der Waals surface area (Å²) in [6.07, 6.45) is 0.0429. The van der Waals surface area contributed by atoms with Gasteiger partial charge >= 0.3 is 0 Å². The van der Waals surface area contributed by atoms with Gasteiger partial charge in [0.1, 0.15) is 17.3 Å². The van der Waals surface area contributed by atoms with E-state index in [0.717, 1.165) is 6.07 Å². The van der Waals surface area contributed by atoms with Crippen LogP contribution in [0, 0.1) is 5.82 Å². The van der Waals surface area contributed by atoms with Gasteiger partial charge in [-0.2, -0.15) is 0 Å². The van der Waals surface area contributed by atoms with Crippen molar-refractivity contribution < 1.29 is 23.5 Å². The summed E-state index contributed by atoms with van der Waals surface area (Å²) >= 11 is 5.86. The SMILES string of the molecule is COc1ccc(NC(C)=O)cc1NC(=O)CCOc1ccc(F)cc1Cl. The summed E-state index contributed by atoms with van der Waals surface area (Å²) in [5, 5.41) is 5.46. The molecule has 0 bridgehead atoms. The summed E-state index contributed by atoms with van der Waals surface area (Å²) in [7, 11) is 1.47. The highest BCUT2D eigenvalue weighted by atomic mass is 35.5. The van der Waals surface area contributed by atoms with Gasteiger partial charge in [0.15, 0.2) is 0 Å². The minimum absolute atomic E-state index is 0.0429. The standard InChI is InChI=1S/C18H18ClFN2O4/c1-11(23)21-13-4-6-17(25-2)15(10-13)22-18(24)7-8-26-16-5-3-12(20)9-14(16)19/h3-6,9-10H,7-8H2,1-2H3,(H,21,23)(H,22,24). The molecule has 0 aliphatic rings. The average Bonchev–Trinajstić information content (AvgIpc) is 2.56. The van der Waals surface area contributed by atoms with E-state index in [1.165, 1.54) is 26.2 Å². The van der Waals surface area contributed by atoms with Crippen LogP contribution in [-0.2, 0) is 9.59 Å². The minimum atomic E-state index is -0.466. The number of carbonyl (C=O) groups is 2. The van der Waals surface area contributed by atoms with E-state index >= 15 is 0 Å². The smallest absolute Gasteiger partial charge is 0.227 e. The fourth-order valence-corrected chi connectivity index (χ4v) is 2.37. The number of carbonyl (C=O) groups excluding carboxylic acids is 2. The third kappa shape index (κ3) is 5.63. The maximum atomic E-state index is 13.0. The normalized spacial score (nSPS) is 10.2. The highest BCUT2D eigenvalue weighted by Gasteiger charge is 2.10. The fraction of sp³-hybridized carbons (Fsp3) is 0.222. The second-order valence-electron chi connectivity index (χ2n) is 5.32. The molecule has 2 aromatic rings. The van der Waals surface area contributed by atoms with Crippen LogP contribution in [0.5, 0.6) is 11.5 Å². The van der Waals surface area contributed by atoms with Gasteiger partial charge in [0, 0.05) is 12.6 Å². The van der Waals surface area contributed by atoms with Gasteiger partial charge in [0.05, 0.1) is 30.8 Å². The number of hydrogen-bond donors (Lipinski definition) is 2. The summed E-state index contributed by atoms with van der Waals surface area (Å²) in [5.74, 6) is -0.258. The summed E-state index contributed by atoms with van der Waals surface area (Å²) < 4.78 is 23.6. The number of amides is 2. The molecule has 6 nitrogen and oxygen atoms in total. The van der Waals surface area contributed by atoms with Crippen molar-refractivity contribution in [1.29, 1.82) is 0 Å². The monoisotopic (exact) mass is 380 g/mol. The van der Waals surface area contributed by atoms with E-state index in [0.29, 0.717) is 22.9 Å². The molecule has 0 saturated carbocycles. The van der Waals surface area contributed by atoms with E-state index < -0.39 is 5.82 Å². The van der Waals surface area contributed by atoms with E-state index in [2.05, 4.69) is 10.6 Å². The number of nitrogens with one attached hydrogen (secondary N) is 2. The van der Waals surface area contributed by atoms with Crippen molar-refractivity contribution in [1.82, 2.24) is 0 Å². The van der Waals surface area contributed by atoms with E-state index in [9.17, 15) is 14.0 Å². The van der Waals surface area contributed by atoms with E-state index in [4.69, 9.17) is 21.1 Å². The van der Waals surface area contributed by atoms with Gasteiger partial charge in [0.25, 0.3) is 0 Å². The van der Waals surface area contributed by atoms with Gasteiger partial charge in [0.2, 0.25) is 11.8 Å². The zero-order chi connectivity index (χ0) is 19.1. The van der Waals surface area contributed by atoms with Crippen LogP contribution >= 0.6 is 11.6 Å². The van der Waals surface area contributed by atoms with Crippen molar-refractivity contribution in [3.05, 3.63) is 47.2 Å². The largest absolute Gasteiger partial charge is 0.495 e. The lowest BCUT2D eigenvalue weighted by Crippen LogP contribution is -2.16. The van der Waals surface area contributed by atoms with Crippen LogP contribution in [0.15, 0.2) is 36.4 Å². The number of ether oxygens (including phenoxy) is 2. The van der Waals surface area contributed by atoms with Gasteiger partial charge in [-0.15, -0.1) is 0 Å². The first-order valence-corrected chi connectivity index (χ1v) is 8.10. The highest BCUT2D eigenvalue weighted by Crippen LogP contribution is 2.28. The van der Waals surface area contributed by atoms with Crippen LogP contribution in [0.25, 0.3) is 0 Å². The molecule has 2 N–H and O–H groups in total. The first kappa shape index (κ1) is 19.5. The maximum absolute atomic E-state index is 13.0. The van der Waals surface area contributed by atoms with Crippen molar-refractivity contribution in [2.75, 3.05) is 24.4 Å². The van der Waals surface area contributed by atoms with E-state index in [-0.39, 0.29) is 29.9 Å². The van der Waals surface area contributed by atoms with E-state index in [1.54, 1.807) is 18.2 Å². The van der Waals surface area contributed by atoms with Crippen molar-refractivity contribution in [2.45, 2.75) is 13.3 Å². The van der Waals surface area contributed by atoms with Crippen molar-refractivity contribution in [3.8, 4) is 11.5 Å². The Morgan fingerprint density at radius 3 is 2.50 bits per heavy atom. The number of anilines is 2. The summed E-state index contributed by atoms with van der Waals surface area (Å²) in [4.78, 5) is 23.3. The first-order valence-electron chi connectivity index (χ1n) is 7.72. The van der Waals surface area contributed by atoms with Crippen LogP contribution in [0.1, 0.15) is 13.3 Å². The molecular weight excluding hydrogens is 363 g/mol. The molecule has 26 heavy (non-hydrogen) atoms. The second-order valence-corrected chi connectivity index (χ2v) is 5.72. The van der Waals surface area contributed by atoms with Crippen LogP contribution in [0.3, 0.4) is 0 Å². The number of hydrogen-bond acceptors (Lipinski definition) is 4. The van der Waals surface area contributed by atoms with Crippen molar-refractivity contribution >= 4 is 34.8 Å². The zero-order valence-electron chi connectivity index (χ0n) is 14.3. The second kappa shape index (κ2) is 9.05. The van der Waals surface area contributed by atoms with Gasteiger partial charge in [-0.05, 0) is 36.4 Å². The summed E-state index contributed by atoms with van der Waals surface area (Å²) in [6.45, 7) is 1.45. The van der Waals surface area contributed by atoms with Gasteiger partial charge in [-0.3, -0.25) is 9.59 Å². The lowest BCUT2D eigenvalue weighted by atomic mass is 10.2. The maximum Gasteiger partial charge on any atom is 0.227 e. The van der Waals surface area contributed by atoms with Gasteiger partial charge in [-0.1, -0.05) is 11.6 Å². The minimum Gasteiger partial charge on any atom is -0.495 e. The molecule has 8 heteroatoms. The predicted molar refractivity (Wildman–Crippen MR) is 97.4 cm³/mol. The topological polar surface area (TPSA) is 76.7 Å². The Morgan fingerprint density at radius 2 is 1.85 bits per heavy atom. The average molecular weight is 381 g/mol.